The molecule has 0 spiro atoms. The van der Waals surface area contributed by atoms with Gasteiger partial charge in [0.2, 0.25) is 0 Å². The average Bonchev–Trinajstić information content (AvgIpc) is 3.34. The third-order valence-electron chi connectivity index (χ3n) is 12.6. The van der Waals surface area contributed by atoms with Gasteiger partial charge in [-0.2, -0.15) is 0 Å². The predicted octanol–water partition coefficient (Wildman–Crippen LogP) is 17.1. The molecule has 12 rings (SSSR count). The minimum Gasteiger partial charge on any atom is -0.310 e. The van der Waals surface area contributed by atoms with Gasteiger partial charge in [-0.05, 0) is 140 Å². The summed E-state index contributed by atoms with van der Waals surface area (Å²) in [5.41, 5.74) is 10.7. The Morgan fingerprint density at radius 2 is 0.590 bits per heavy atom. The lowest BCUT2D eigenvalue weighted by atomic mass is 9.84. The molecule has 284 valence electrons. The third kappa shape index (κ3) is 5.93. The first-order chi connectivity index (χ1) is 30.2. The van der Waals surface area contributed by atoms with E-state index in [-0.39, 0.29) is 0 Å². The van der Waals surface area contributed by atoms with Crippen LogP contribution in [-0.2, 0) is 0 Å². The summed E-state index contributed by atoms with van der Waals surface area (Å²) >= 11 is 0. The van der Waals surface area contributed by atoms with E-state index in [0.717, 1.165) is 17.1 Å². The van der Waals surface area contributed by atoms with Gasteiger partial charge in [0, 0.05) is 17.1 Å². The van der Waals surface area contributed by atoms with Crippen molar-refractivity contribution in [1.82, 2.24) is 0 Å². The van der Waals surface area contributed by atoms with Gasteiger partial charge < -0.3 is 4.90 Å². The smallest absolute Gasteiger partial charge is 0.0468 e. The van der Waals surface area contributed by atoms with Crippen LogP contribution in [0.1, 0.15) is 0 Å². The van der Waals surface area contributed by atoms with Crippen LogP contribution in [0.15, 0.2) is 237 Å². The van der Waals surface area contributed by atoms with Crippen molar-refractivity contribution in [2.24, 2.45) is 0 Å². The molecule has 0 saturated heterocycles. The molecule has 12 aromatic rings. The second kappa shape index (κ2) is 14.4. The largest absolute Gasteiger partial charge is 0.310 e. The Bertz CT molecular complexity index is 3510. The number of nitrogens with zero attached hydrogens (tertiary/aromatic N) is 1. The molecule has 0 aromatic heterocycles. The van der Waals surface area contributed by atoms with E-state index in [1.54, 1.807) is 0 Å². The van der Waals surface area contributed by atoms with Crippen molar-refractivity contribution < 1.29 is 0 Å². The molecule has 0 aliphatic rings. The van der Waals surface area contributed by atoms with Gasteiger partial charge >= 0.3 is 0 Å². The predicted molar refractivity (Wildman–Crippen MR) is 262 cm³/mol. The van der Waals surface area contributed by atoms with E-state index in [9.17, 15) is 0 Å². The lowest BCUT2D eigenvalue weighted by Crippen LogP contribution is -2.10. The van der Waals surface area contributed by atoms with E-state index < -0.39 is 0 Å². The molecule has 0 radical (unpaired) electrons. The summed E-state index contributed by atoms with van der Waals surface area (Å²) in [5.74, 6) is 0. The van der Waals surface area contributed by atoms with Crippen LogP contribution in [0.5, 0.6) is 0 Å². The summed E-state index contributed by atoms with van der Waals surface area (Å²) in [5, 5.41) is 15.1. The molecule has 61 heavy (non-hydrogen) atoms. The van der Waals surface area contributed by atoms with Crippen LogP contribution >= 0.6 is 0 Å². The normalized spacial score (nSPS) is 11.6. The zero-order valence-electron chi connectivity index (χ0n) is 33.5. The summed E-state index contributed by atoms with van der Waals surface area (Å²) in [6.07, 6.45) is 0. The highest BCUT2D eigenvalue weighted by Gasteiger charge is 2.19. The molecule has 0 amide bonds. The molecule has 12 aromatic carbocycles. The number of fused-ring (bicyclic) bond motifs is 9. The molecule has 1 nitrogen and oxygen atoms in total. The number of benzene rings is 12. The summed E-state index contributed by atoms with van der Waals surface area (Å²) in [6, 6.07) is 86.9. The van der Waals surface area contributed by atoms with Crippen molar-refractivity contribution in [2.45, 2.75) is 0 Å². The van der Waals surface area contributed by atoms with Crippen LogP contribution in [-0.4, -0.2) is 0 Å². The van der Waals surface area contributed by atoms with Gasteiger partial charge in [0.1, 0.15) is 0 Å². The maximum absolute atomic E-state index is 2.41. The molecule has 0 bridgehead atoms. The fraction of sp³-hybridized carbons (Fsp3) is 0. The summed E-state index contributed by atoms with van der Waals surface area (Å²) in [4.78, 5) is 2.40. The van der Waals surface area contributed by atoms with E-state index in [4.69, 9.17) is 0 Å². The second-order valence-electron chi connectivity index (χ2n) is 16.1. The quantitative estimate of drug-likeness (QED) is 0.152. The van der Waals surface area contributed by atoms with Crippen LogP contribution in [0.4, 0.5) is 17.1 Å². The number of hydrogen-bond donors (Lipinski definition) is 0. The Morgan fingerprint density at radius 3 is 1.16 bits per heavy atom. The van der Waals surface area contributed by atoms with Crippen molar-refractivity contribution in [3.05, 3.63) is 237 Å². The van der Waals surface area contributed by atoms with Crippen molar-refractivity contribution in [3.8, 4) is 33.4 Å². The average molecular weight is 774 g/mol. The van der Waals surface area contributed by atoms with Crippen LogP contribution < -0.4 is 4.90 Å². The Kier molecular flexibility index (Phi) is 8.25. The highest BCUT2D eigenvalue weighted by molar-refractivity contribution is 6.22. The van der Waals surface area contributed by atoms with E-state index in [1.807, 2.05) is 0 Å². The third-order valence-corrected chi connectivity index (χ3v) is 12.6. The van der Waals surface area contributed by atoms with Crippen molar-refractivity contribution >= 4 is 81.7 Å². The highest BCUT2D eigenvalue weighted by atomic mass is 15.1. The monoisotopic (exact) mass is 773 g/mol. The van der Waals surface area contributed by atoms with Gasteiger partial charge in [0.15, 0.2) is 0 Å². The van der Waals surface area contributed by atoms with Crippen LogP contribution in [0, 0.1) is 0 Å². The topological polar surface area (TPSA) is 3.24 Å². The summed E-state index contributed by atoms with van der Waals surface area (Å²) < 4.78 is 0. The zero-order chi connectivity index (χ0) is 40.3. The maximum Gasteiger partial charge on any atom is 0.0468 e. The van der Waals surface area contributed by atoms with Crippen LogP contribution in [0.3, 0.4) is 0 Å². The lowest BCUT2D eigenvalue weighted by Gasteiger charge is -2.27. The maximum atomic E-state index is 2.41. The summed E-state index contributed by atoms with van der Waals surface area (Å²) in [7, 11) is 0. The molecule has 0 aliphatic heterocycles. The fourth-order valence-corrected chi connectivity index (χ4v) is 9.71. The lowest BCUT2D eigenvalue weighted by molar-refractivity contribution is 1.29. The molecule has 0 heterocycles. The van der Waals surface area contributed by atoms with E-state index in [1.165, 1.54) is 98.0 Å². The molecular formula is C60H39N. The molecule has 0 unspecified atom stereocenters. The van der Waals surface area contributed by atoms with Gasteiger partial charge in [-0.3, -0.25) is 0 Å². The Hall–Kier alpha value is -8.00. The van der Waals surface area contributed by atoms with Crippen LogP contribution in [0.25, 0.3) is 98.0 Å². The highest BCUT2D eigenvalue weighted by Crippen LogP contribution is 2.46. The van der Waals surface area contributed by atoms with Crippen molar-refractivity contribution in [3.63, 3.8) is 0 Å². The molecule has 1 heteroatoms. The number of rotatable bonds is 6. The van der Waals surface area contributed by atoms with Gasteiger partial charge in [-0.25, -0.2) is 0 Å². The summed E-state index contributed by atoms with van der Waals surface area (Å²) in [6.45, 7) is 0. The Morgan fingerprint density at radius 1 is 0.197 bits per heavy atom. The zero-order valence-corrected chi connectivity index (χ0v) is 33.5. The van der Waals surface area contributed by atoms with Gasteiger partial charge in [-0.1, -0.05) is 194 Å². The first-order valence-corrected chi connectivity index (χ1v) is 21.1. The van der Waals surface area contributed by atoms with Crippen molar-refractivity contribution in [1.29, 1.82) is 0 Å². The number of hydrogen-bond acceptors (Lipinski definition) is 1. The van der Waals surface area contributed by atoms with E-state index in [0.29, 0.717) is 0 Å². The van der Waals surface area contributed by atoms with Gasteiger partial charge in [0.05, 0.1) is 0 Å². The van der Waals surface area contributed by atoms with Gasteiger partial charge in [0.25, 0.3) is 0 Å². The van der Waals surface area contributed by atoms with E-state index >= 15 is 0 Å². The molecule has 0 N–H and O–H groups in total. The minimum atomic E-state index is 1.10. The standard InChI is InChI=1S/C60H39N/c1-3-15-43(16-4-1)59-57-22-12-11-21-55(57)56-34-29-45(39-58(56)60(59)44-17-5-2-6-18-44)40-27-30-48(31-28-40)61(49-32-35-53-46(37-49)25-23-41-13-7-9-19-51(41)53)50-33-36-54-47(38-50)26-24-42-14-8-10-20-52(42)54/h1-39H. The second-order valence-corrected chi connectivity index (χ2v) is 16.1. The Balaban J connectivity index is 1.02. The van der Waals surface area contributed by atoms with Crippen LogP contribution in [0.2, 0.25) is 0 Å². The first-order valence-electron chi connectivity index (χ1n) is 21.1. The fourth-order valence-electron chi connectivity index (χ4n) is 9.71. The van der Waals surface area contributed by atoms with Gasteiger partial charge in [-0.15, -0.1) is 0 Å². The van der Waals surface area contributed by atoms with Crippen molar-refractivity contribution in [2.75, 3.05) is 4.90 Å². The minimum absolute atomic E-state index is 1.10. The SMILES string of the molecule is c1ccc(-c2c(-c3ccccc3)c3cc(-c4ccc(N(c5ccc6c(ccc7ccccc76)c5)c5ccc6c(ccc7ccccc76)c5)cc4)ccc3c3ccccc23)cc1. The molecule has 0 fully saturated rings. The molecule has 0 aliphatic carbocycles. The molecule has 0 atom stereocenters. The van der Waals surface area contributed by atoms with E-state index in [2.05, 4.69) is 241 Å². The first kappa shape index (κ1) is 35.0. The number of anilines is 3. The Labute approximate surface area is 355 Å². The molecular weight excluding hydrogens is 735 g/mol. The molecule has 0 saturated carbocycles.